The normalized spacial score (nSPS) is 14.2. The van der Waals surface area contributed by atoms with Crippen molar-refractivity contribution in [2.75, 3.05) is 0 Å². The molecule has 102 valence electrons. The van der Waals surface area contributed by atoms with E-state index in [4.69, 9.17) is 0 Å². The van der Waals surface area contributed by atoms with Crippen LogP contribution in [0.4, 0.5) is 0 Å². The smallest absolute Gasteiger partial charge is 0.197 e. The van der Waals surface area contributed by atoms with Crippen LogP contribution in [0.1, 0.15) is 12.5 Å². The molecule has 0 aromatic heterocycles. The van der Waals surface area contributed by atoms with Gasteiger partial charge in [0.25, 0.3) is 0 Å². The molecule has 2 aromatic carbocycles. The first-order valence-electron chi connectivity index (χ1n) is 6.24. The molecular formula is C16H15NO2S. The summed E-state index contributed by atoms with van der Waals surface area (Å²) in [5.74, 6) is 0. The molecule has 0 aliphatic carbocycles. The van der Waals surface area contributed by atoms with Crippen LogP contribution in [0.15, 0.2) is 65.6 Å². The Morgan fingerprint density at radius 3 is 2.00 bits per heavy atom. The van der Waals surface area contributed by atoms with E-state index in [0.717, 1.165) is 5.56 Å². The van der Waals surface area contributed by atoms with Gasteiger partial charge in [-0.3, -0.25) is 0 Å². The monoisotopic (exact) mass is 285 g/mol. The van der Waals surface area contributed by atoms with Crippen LogP contribution in [0.3, 0.4) is 0 Å². The Bertz CT molecular complexity index is 718. The summed E-state index contributed by atoms with van der Waals surface area (Å²) in [5.41, 5.74) is 0.830. The predicted molar refractivity (Wildman–Crippen MR) is 77.8 cm³/mol. The largest absolute Gasteiger partial charge is 0.222 e. The molecule has 0 bridgehead atoms. The minimum atomic E-state index is -3.71. The van der Waals surface area contributed by atoms with Crippen molar-refractivity contribution < 1.29 is 8.42 Å². The standard InChI is InChI=1S/C16H15NO2S/c1-16(13-17,12-14-8-4-2-5-9-14)20(18,19)15-10-6-3-7-11-15/h2-11H,12H2,1H3. The maximum atomic E-state index is 12.7. The number of rotatable bonds is 4. The quantitative estimate of drug-likeness (QED) is 0.867. The summed E-state index contributed by atoms with van der Waals surface area (Å²) in [6.45, 7) is 1.47. The number of sulfone groups is 1. The first-order valence-corrected chi connectivity index (χ1v) is 7.73. The minimum Gasteiger partial charge on any atom is -0.222 e. The van der Waals surface area contributed by atoms with Gasteiger partial charge in [-0.25, -0.2) is 8.42 Å². The van der Waals surface area contributed by atoms with Crippen LogP contribution in [0, 0.1) is 11.3 Å². The highest BCUT2D eigenvalue weighted by Crippen LogP contribution is 2.28. The molecule has 2 aromatic rings. The van der Waals surface area contributed by atoms with E-state index < -0.39 is 14.6 Å². The van der Waals surface area contributed by atoms with Gasteiger partial charge < -0.3 is 0 Å². The molecule has 1 atom stereocenters. The summed E-state index contributed by atoms with van der Waals surface area (Å²) in [7, 11) is -3.71. The van der Waals surface area contributed by atoms with Gasteiger partial charge in [0.15, 0.2) is 14.6 Å². The van der Waals surface area contributed by atoms with Crippen LogP contribution >= 0.6 is 0 Å². The van der Waals surface area contributed by atoms with Gasteiger partial charge in [-0.05, 0) is 24.6 Å². The van der Waals surface area contributed by atoms with E-state index in [1.165, 1.54) is 19.1 Å². The number of benzene rings is 2. The van der Waals surface area contributed by atoms with Crippen LogP contribution in [-0.4, -0.2) is 13.2 Å². The van der Waals surface area contributed by atoms with Crippen molar-refractivity contribution in [1.82, 2.24) is 0 Å². The molecule has 4 heteroatoms. The maximum absolute atomic E-state index is 12.7. The molecule has 20 heavy (non-hydrogen) atoms. The zero-order chi connectivity index (χ0) is 14.6. The molecule has 0 N–H and O–H groups in total. The van der Waals surface area contributed by atoms with Gasteiger partial charge in [0.05, 0.1) is 11.0 Å². The van der Waals surface area contributed by atoms with E-state index in [2.05, 4.69) is 0 Å². The lowest BCUT2D eigenvalue weighted by atomic mass is 10.0. The summed E-state index contributed by atoms with van der Waals surface area (Å²) >= 11 is 0. The predicted octanol–water partition coefficient (Wildman–Crippen LogP) is 2.99. The molecule has 0 radical (unpaired) electrons. The van der Waals surface area contributed by atoms with Crippen molar-refractivity contribution in [3.05, 3.63) is 66.2 Å². The van der Waals surface area contributed by atoms with E-state index in [9.17, 15) is 13.7 Å². The average molecular weight is 285 g/mol. The molecule has 3 nitrogen and oxygen atoms in total. The van der Waals surface area contributed by atoms with Crippen molar-refractivity contribution in [1.29, 1.82) is 5.26 Å². The summed E-state index contributed by atoms with van der Waals surface area (Å²) in [5, 5.41) is 9.41. The van der Waals surface area contributed by atoms with Gasteiger partial charge in [-0.1, -0.05) is 48.5 Å². The van der Waals surface area contributed by atoms with Crippen LogP contribution < -0.4 is 0 Å². The number of nitrogens with zero attached hydrogens (tertiary/aromatic N) is 1. The molecule has 0 aliphatic heterocycles. The van der Waals surface area contributed by atoms with Crippen LogP contribution in [0.2, 0.25) is 0 Å². The Hall–Kier alpha value is -2.12. The van der Waals surface area contributed by atoms with Crippen LogP contribution in [-0.2, 0) is 16.3 Å². The molecule has 0 spiro atoms. The topological polar surface area (TPSA) is 57.9 Å². The Balaban J connectivity index is 2.44. The van der Waals surface area contributed by atoms with Crippen LogP contribution in [0.5, 0.6) is 0 Å². The average Bonchev–Trinajstić information content (AvgIpc) is 2.49. The highest BCUT2D eigenvalue weighted by atomic mass is 32.2. The Kier molecular flexibility index (Phi) is 3.91. The van der Waals surface area contributed by atoms with E-state index in [1.807, 2.05) is 36.4 Å². The molecule has 0 saturated heterocycles. The third kappa shape index (κ3) is 2.59. The van der Waals surface area contributed by atoms with E-state index >= 15 is 0 Å². The van der Waals surface area contributed by atoms with Crippen molar-refractivity contribution >= 4 is 9.84 Å². The zero-order valence-electron chi connectivity index (χ0n) is 11.2. The number of nitriles is 1. The highest BCUT2D eigenvalue weighted by molar-refractivity contribution is 7.93. The Morgan fingerprint density at radius 1 is 1.00 bits per heavy atom. The second-order valence-electron chi connectivity index (χ2n) is 4.82. The second kappa shape index (κ2) is 5.48. The van der Waals surface area contributed by atoms with Crippen molar-refractivity contribution in [2.45, 2.75) is 23.0 Å². The highest BCUT2D eigenvalue weighted by Gasteiger charge is 2.40. The van der Waals surface area contributed by atoms with Crippen molar-refractivity contribution in [3.63, 3.8) is 0 Å². The first kappa shape index (κ1) is 14.3. The molecule has 1 unspecified atom stereocenters. The maximum Gasteiger partial charge on any atom is 0.197 e. The molecule has 0 saturated carbocycles. The molecule has 2 rings (SSSR count). The SMILES string of the molecule is CC(C#N)(Cc1ccccc1)S(=O)(=O)c1ccccc1. The number of hydrogen-bond acceptors (Lipinski definition) is 3. The summed E-state index contributed by atoms with van der Waals surface area (Å²) in [4.78, 5) is 0.181. The molecular weight excluding hydrogens is 270 g/mol. The van der Waals surface area contributed by atoms with Gasteiger partial charge in [0.2, 0.25) is 0 Å². The van der Waals surface area contributed by atoms with Crippen molar-refractivity contribution in [2.24, 2.45) is 0 Å². The fraction of sp³-hybridized carbons (Fsp3) is 0.188. The lowest BCUT2D eigenvalue weighted by Gasteiger charge is -2.22. The summed E-state index contributed by atoms with van der Waals surface area (Å²) < 4.78 is 23.9. The van der Waals surface area contributed by atoms with Crippen LogP contribution in [0.25, 0.3) is 0 Å². The van der Waals surface area contributed by atoms with Gasteiger partial charge >= 0.3 is 0 Å². The third-order valence-corrected chi connectivity index (χ3v) is 5.58. The van der Waals surface area contributed by atoms with E-state index in [0.29, 0.717) is 0 Å². The van der Waals surface area contributed by atoms with Gasteiger partial charge in [-0.2, -0.15) is 5.26 Å². The molecule has 0 amide bonds. The molecule has 0 aliphatic rings. The van der Waals surface area contributed by atoms with Gasteiger partial charge in [0.1, 0.15) is 0 Å². The zero-order valence-corrected chi connectivity index (χ0v) is 12.0. The van der Waals surface area contributed by atoms with E-state index in [-0.39, 0.29) is 11.3 Å². The minimum absolute atomic E-state index is 0.168. The summed E-state index contributed by atoms with van der Waals surface area (Å²) in [6, 6.07) is 19.3. The van der Waals surface area contributed by atoms with Gasteiger partial charge in [0, 0.05) is 6.42 Å². The molecule has 0 fully saturated rings. The third-order valence-electron chi connectivity index (χ3n) is 3.27. The van der Waals surface area contributed by atoms with Gasteiger partial charge in [-0.15, -0.1) is 0 Å². The second-order valence-corrected chi connectivity index (χ2v) is 7.20. The van der Waals surface area contributed by atoms with Crippen molar-refractivity contribution in [3.8, 4) is 6.07 Å². The lowest BCUT2D eigenvalue weighted by molar-refractivity contribution is 0.564. The summed E-state index contributed by atoms with van der Waals surface area (Å²) in [6.07, 6.45) is 0.168. The molecule has 0 heterocycles. The fourth-order valence-corrected chi connectivity index (χ4v) is 3.55. The number of hydrogen-bond donors (Lipinski definition) is 0. The van der Waals surface area contributed by atoms with E-state index in [1.54, 1.807) is 18.2 Å². The Morgan fingerprint density at radius 2 is 1.50 bits per heavy atom. The lowest BCUT2D eigenvalue weighted by Crippen LogP contribution is -2.36. The fourth-order valence-electron chi connectivity index (χ4n) is 2.04. The first-order chi connectivity index (χ1) is 9.49. The Labute approximate surface area is 119 Å².